The number of benzene rings is 1. The number of carbonyl (C=O) groups is 1. The summed E-state index contributed by atoms with van der Waals surface area (Å²) < 4.78 is 5.19. The van der Waals surface area contributed by atoms with Crippen LogP contribution in [0.5, 0.6) is 5.75 Å². The molecule has 1 saturated carbocycles. The van der Waals surface area contributed by atoms with E-state index in [2.05, 4.69) is 10.3 Å². The molecule has 138 valence electrons. The first-order chi connectivity index (χ1) is 12.7. The van der Waals surface area contributed by atoms with E-state index in [0.717, 1.165) is 29.7 Å². The van der Waals surface area contributed by atoms with E-state index in [-0.39, 0.29) is 11.9 Å². The van der Waals surface area contributed by atoms with Crippen molar-refractivity contribution >= 4 is 5.91 Å². The highest BCUT2D eigenvalue weighted by Crippen LogP contribution is 2.27. The average molecular weight is 353 g/mol. The maximum absolute atomic E-state index is 12.7. The summed E-state index contributed by atoms with van der Waals surface area (Å²) in [5.74, 6) is 1.18. The standard InChI is InChI=1S/C21H27N3O2/c1-26-19-9-7-15(8-10-19)17-11-18(14-23-13-17)21(25)24-20(12-22)16-5-3-2-4-6-16/h7-11,13-14,16,20H,2-6,12,22H2,1H3,(H,24,25). The average Bonchev–Trinajstić information content (AvgIpc) is 2.72. The lowest BCUT2D eigenvalue weighted by Crippen LogP contribution is -2.45. The first kappa shape index (κ1) is 18.4. The number of carbonyl (C=O) groups excluding carboxylic acids is 1. The van der Waals surface area contributed by atoms with Crippen LogP contribution in [0.25, 0.3) is 11.1 Å². The molecule has 1 aliphatic carbocycles. The van der Waals surface area contributed by atoms with Gasteiger partial charge in [-0.2, -0.15) is 0 Å². The Labute approximate surface area is 155 Å². The van der Waals surface area contributed by atoms with Crippen LogP contribution in [-0.2, 0) is 0 Å². The van der Waals surface area contributed by atoms with Gasteiger partial charge in [-0.05, 0) is 42.5 Å². The lowest BCUT2D eigenvalue weighted by molar-refractivity contribution is 0.0915. The fourth-order valence-electron chi connectivity index (χ4n) is 3.66. The molecule has 3 rings (SSSR count). The van der Waals surface area contributed by atoms with Crippen molar-refractivity contribution in [1.29, 1.82) is 0 Å². The molecule has 1 aromatic heterocycles. The van der Waals surface area contributed by atoms with Crippen molar-refractivity contribution in [1.82, 2.24) is 10.3 Å². The smallest absolute Gasteiger partial charge is 0.253 e. The van der Waals surface area contributed by atoms with Gasteiger partial charge in [0.2, 0.25) is 0 Å². The zero-order valence-electron chi connectivity index (χ0n) is 15.3. The van der Waals surface area contributed by atoms with Gasteiger partial charge in [-0.3, -0.25) is 9.78 Å². The Hall–Kier alpha value is -2.40. The maximum Gasteiger partial charge on any atom is 0.253 e. The Morgan fingerprint density at radius 2 is 1.92 bits per heavy atom. The molecule has 1 fully saturated rings. The Balaban J connectivity index is 1.72. The highest BCUT2D eigenvalue weighted by molar-refractivity contribution is 5.95. The van der Waals surface area contributed by atoms with Crippen LogP contribution in [0.3, 0.4) is 0 Å². The molecule has 1 unspecified atom stereocenters. The minimum Gasteiger partial charge on any atom is -0.497 e. The first-order valence-corrected chi connectivity index (χ1v) is 9.31. The molecule has 0 bridgehead atoms. The van der Waals surface area contributed by atoms with E-state index in [9.17, 15) is 4.79 Å². The highest BCUT2D eigenvalue weighted by Gasteiger charge is 2.24. The number of ether oxygens (including phenoxy) is 1. The molecule has 1 amide bonds. The van der Waals surface area contributed by atoms with Crippen LogP contribution in [0.4, 0.5) is 0 Å². The van der Waals surface area contributed by atoms with Gasteiger partial charge in [-0.1, -0.05) is 31.4 Å². The Morgan fingerprint density at radius 3 is 2.58 bits per heavy atom. The van der Waals surface area contributed by atoms with Gasteiger partial charge in [-0.15, -0.1) is 0 Å². The maximum atomic E-state index is 12.7. The Bertz CT molecular complexity index is 724. The van der Waals surface area contributed by atoms with E-state index in [1.54, 1.807) is 19.5 Å². The van der Waals surface area contributed by atoms with Crippen LogP contribution in [-0.4, -0.2) is 30.6 Å². The summed E-state index contributed by atoms with van der Waals surface area (Å²) in [4.78, 5) is 17.0. The molecule has 5 heteroatoms. The van der Waals surface area contributed by atoms with E-state index < -0.39 is 0 Å². The lowest BCUT2D eigenvalue weighted by atomic mass is 9.84. The fourth-order valence-corrected chi connectivity index (χ4v) is 3.66. The predicted octanol–water partition coefficient (Wildman–Crippen LogP) is 3.39. The summed E-state index contributed by atoms with van der Waals surface area (Å²) >= 11 is 0. The van der Waals surface area contributed by atoms with Crippen LogP contribution in [0.2, 0.25) is 0 Å². The number of aromatic nitrogens is 1. The number of hydrogen-bond donors (Lipinski definition) is 2. The number of hydrogen-bond acceptors (Lipinski definition) is 4. The molecule has 0 spiro atoms. The summed E-state index contributed by atoms with van der Waals surface area (Å²) in [5, 5.41) is 3.13. The number of amides is 1. The number of nitrogens with two attached hydrogens (primary N) is 1. The topological polar surface area (TPSA) is 77.2 Å². The molecule has 1 heterocycles. The van der Waals surface area contributed by atoms with Crippen molar-refractivity contribution in [3.8, 4) is 16.9 Å². The minimum atomic E-state index is -0.103. The molecular formula is C21H27N3O2. The Morgan fingerprint density at radius 1 is 1.19 bits per heavy atom. The highest BCUT2D eigenvalue weighted by atomic mass is 16.5. The van der Waals surface area contributed by atoms with Gasteiger partial charge < -0.3 is 15.8 Å². The van der Waals surface area contributed by atoms with Gasteiger partial charge in [0.05, 0.1) is 12.7 Å². The molecule has 3 N–H and O–H groups in total. The van der Waals surface area contributed by atoms with Gasteiger partial charge in [0, 0.05) is 30.5 Å². The van der Waals surface area contributed by atoms with Gasteiger partial charge in [0.15, 0.2) is 0 Å². The summed E-state index contributed by atoms with van der Waals surface area (Å²) in [5.41, 5.74) is 8.40. The second-order valence-electron chi connectivity index (χ2n) is 6.90. The van der Waals surface area contributed by atoms with E-state index in [1.807, 2.05) is 30.3 Å². The van der Waals surface area contributed by atoms with Crippen molar-refractivity contribution in [3.05, 3.63) is 48.3 Å². The molecule has 1 aromatic carbocycles. The summed E-state index contributed by atoms with van der Waals surface area (Å²) in [7, 11) is 1.64. The summed E-state index contributed by atoms with van der Waals surface area (Å²) in [6.45, 7) is 0.474. The third-order valence-electron chi connectivity index (χ3n) is 5.21. The quantitative estimate of drug-likeness (QED) is 0.834. The van der Waals surface area contributed by atoms with Crippen molar-refractivity contribution in [2.75, 3.05) is 13.7 Å². The second kappa shape index (κ2) is 8.81. The predicted molar refractivity (Wildman–Crippen MR) is 103 cm³/mol. The van der Waals surface area contributed by atoms with Gasteiger partial charge in [0.25, 0.3) is 5.91 Å². The SMILES string of the molecule is COc1ccc(-c2cncc(C(=O)NC(CN)C3CCCCC3)c2)cc1. The van der Waals surface area contributed by atoms with Crippen molar-refractivity contribution in [3.63, 3.8) is 0 Å². The van der Waals surface area contributed by atoms with Crippen molar-refractivity contribution in [2.24, 2.45) is 11.7 Å². The molecule has 5 nitrogen and oxygen atoms in total. The van der Waals surface area contributed by atoms with Crippen LogP contribution in [0, 0.1) is 5.92 Å². The number of nitrogens with one attached hydrogen (secondary N) is 1. The summed E-state index contributed by atoms with van der Waals surface area (Å²) in [6.07, 6.45) is 9.40. The zero-order valence-corrected chi connectivity index (χ0v) is 15.3. The van der Waals surface area contributed by atoms with E-state index >= 15 is 0 Å². The number of nitrogens with zero attached hydrogens (tertiary/aromatic N) is 1. The van der Waals surface area contributed by atoms with Crippen LogP contribution in [0.1, 0.15) is 42.5 Å². The molecule has 0 radical (unpaired) electrons. The molecule has 1 atom stereocenters. The molecular weight excluding hydrogens is 326 g/mol. The first-order valence-electron chi connectivity index (χ1n) is 9.31. The monoisotopic (exact) mass is 353 g/mol. The third kappa shape index (κ3) is 4.41. The molecule has 0 saturated heterocycles. The lowest BCUT2D eigenvalue weighted by Gasteiger charge is -2.30. The summed E-state index contributed by atoms with van der Waals surface area (Å²) in [6, 6.07) is 9.63. The van der Waals surface area contributed by atoms with Crippen LogP contribution >= 0.6 is 0 Å². The largest absolute Gasteiger partial charge is 0.497 e. The van der Waals surface area contributed by atoms with E-state index in [4.69, 9.17) is 10.5 Å². The van der Waals surface area contributed by atoms with Crippen LogP contribution in [0.15, 0.2) is 42.7 Å². The normalized spacial score (nSPS) is 16.1. The van der Waals surface area contributed by atoms with Crippen molar-refractivity contribution < 1.29 is 9.53 Å². The van der Waals surface area contributed by atoms with Gasteiger partial charge >= 0.3 is 0 Å². The zero-order chi connectivity index (χ0) is 18.4. The van der Waals surface area contributed by atoms with Gasteiger partial charge in [-0.25, -0.2) is 0 Å². The van der Waals surface area contributed by atoms with Crippen molar-refractivity contribution in [2.45, 2.75) is 38.1 Å². The van der Waals surface area contributed by atoms with E-state index in [0.29, 0.717) is 18.0 Å². The third-order valence-corrected chi connectivity index (χ3v) is 5.21. The Kier molecular flexibility index (Phi) is 6.23. The number of pyridine rings is 1. The molecule has 2 aromatic rings. The van der Waals surface area contributed by atoms with Gasteiger partial charge in [0.1, 0.15) is 5.75 Å². The van der Waals surface area contributed by atoms with E-state index in [1.165, 1.54) is 19.3 Å². The molecule has 0 aliphatic heterocycles. The second-order valence-corrected chi connectivity index (χ2v) is 6.90. The van der Waals surface area contributed by atoms with Crippen LogP contribution < -0.4 is 15.8 Å². The molecule has 1 aliphatic rings. The number of rotatable bonds is 6. The fraction of sp³-hybridized carbons (Fsp3) is 0.429. The number of methoxy groups -OCH3 is 1. The minimum absolute atomic E-state index is 0.0347. The molecule has 26 heavy (non-hydrogen) atoms.